The number of hydrogen-bond donors (Lipinski definition) is 3. The zero-order chi connectivity index (χ0) is 16.9. The molecule has 6 nitrogen and oxygen atoms in total. The fourth-order valence-electron chi connectivity index (χ4n) is 1.81. The second-order valence-electron chi connectivity index (χ2n) is 5.04. The summed E-state index contributed by atoms with van der Waals surface area (Å²) in [4.78, 5) is 13.0. The van der Waals surface area contributed by atoms with Crippen molar-refractivity contribution in [3.05, 3.63) is 52.2 Å². The first kappa shape index (κ1) is 20.6. The molecule has 1 aromatic carbocycles. The van der Waals surface area contributed by atoms with Gasteiger partial charge in [-0.2, -0.15) is 0 Å². The van der Waals surface area contributed by atoms with Gasteiger partial charge >= 0.3 is 0 Å². The normalized spacial score (nSPS) is 12.2. The number of thiophene rings is 1. The van der Waals surface area contributed by atoms with E-state index in [1.54, 1.807) is 6.92 Å². The molecule has 1 heterocycles. The third-order valence-corrected chi connectivity index (χ3v) is 5.47. The second-order valence-corrected chi connectivity index (χ2v) is 7.84. The Kier molecular flexibility index (Phi) is 7.85. The van der Waals surface area contributed by atoms with E-state index in [1.807, 2.05) is 17.5 Å². The molecule has 1 atom stereocenters. The maximum absolute atomic E-state index is 12.2. The van der Waals surface area contributed by atoms with Crippen molar-refractivity contribution in [3.63, 3.8) is 0 Å². The van der Waals surface area contributed by atoms with Crippen molar-refractivity contribution >= 4 is 39.7 Å². The van der Waals surface area contributed by atoms with Crippen LogP contribution in [0.2, 0.25) is 0 Å². The molecule has 1 aromatic heterocycles. The number of benzene rings is 1. The van der Waals surface area contributed by atoms with Crippen molar-refractivity contribution in [2.45, 2.75) is 24.4 Å². The van der Waals surface area contributed by atoms with Gasteiger partial charge < -0.3 is 11.1 Å². The standard InChI is InChI=1S/C15H19N3O3S2.ClH/c1-11(9-16)18-15(19)12-4-6-14(7-5-12)23(20,21)17-10-13-3-2-8-22-13;/h2-8,11,17H,9-10,16H2,1H3,(H,18,19);1H/t11-;/m0./s1. The molecule has 0 saturated carbocycles. The van der Waals surface area contributed by atoms with Gasteiger partial charge in [-0.05, 0) is 42.6 Å². The number of rotatable bonds is 7. The van der Waals surface area contributed by atoms with Crippen LogP contribution >= 0.6 is 23.7 Å². The van der Waals surface area contributed by atoms with Gasteiger partial charge in [0.1, 0.15) is 0 Å². The van der Waals surface area contributed by atoms with Gasteiger partial charge in [0, 0.05) is 29.6 Å². The lowest BCUT2D eigenvalue weighted by Crippen LogP contribution is -2.37. The molecule has 132 valence electrons. The summed E-state index contributed by atoms with van der Waals surface area (Å²) in [6.07, 6.45) is 0. The number of carbonyl (C=O) groups is 1. The van der Waals surface area contributed by atoms with Crippen LogP contribution in [0.25, 0.3) is 0 Å². The molecule has 0 radical (unpaired) electrons. The monoisotopic (exact) mass is 389 g/mol. The van der Waals surface area contributed by atoms with Crippen LogP contribution in [0.3, 0.4) is 0 Å². The smallest absolute Gasteiger partial charge is 0.251 e. The minimum Gasteiger partial charge on any atom is -0.348 e. The van der Waals surface area contributed by atoms with E-state index < -0.39 is 10.0 Å². The van der Waals surface area contributed by atoms with Crippen LogP contribution in [-0.2, 0) is 16.6 Å². The lowest BCUT2D eigenvalue weighted by Gasteiger charge is -2.11. The van der Waals surface area contributed by atoms with E-state index in [-0.39, 0.29) is 35.8 Å². The Morgan fingerprint density at radius 2 is 1.92 bits per heavy atom. The average molecular weight is 390 g/mol. The number of halogens is 1. The van der Waals surface area contributed by atoms with Gasteiger partial charge in [0.2, 0.25) is 10.0 Å². The summed E-state index contributed by atoms with van der Waals surface area (Å²) >= 11 is 1.48. The topological polar surface area (TPSA) is 101 Å². The Morgan fingerprint density at radius 3 is 2.46 bits per heavy atom. The molecule has 2 rings (SSSR count). The van der Waals surface area contributed by atoms with Crippen molar-refractivity contribution in [3.8, 4) is 0 Å². The van der Waals surface area contributed by atoms with E-state index in [0.29, 0.717) is 12.1 Å². The van der Waals surface area contributed by atoms with Crippen LogP contribution in [0, 0.1) is 0 Å². The van der Waals surface area contributed by atoms with Gasteiger partial charge in [0.25, 0.3) is 5.91 Å². The van der Waals surface area contributed by atoms with Crippen LogP contribution in [0.4, 0.5) is 0 Å². The van der Waals surface area contributed by atoms with Gasteiger partial charge in [0.05, 0.1) is 4.90 Å². The molecular weight excluding hydrogens is 370 g/mol. The molecular formula is C15H20ClN3O3S2. The molecule has 0 aliphatic carbocycles. The van der Waals surface area contributed by atoms with E-state index in [1.165, 1.54) is 35.6 Å². The molecule has 9 heteroatoms. The quantitative estimate of drug-likeness (QED) is 0.671. The fraction of sp³-hybridized carbons (Fsp3) is 0.267. The number of carbonyl (C=O) groups excluding carboxylic acids is 1. The maximum atomic E-state index is 12.2. The molecule has 0 unspecified atom stereocenters. The highest BCUT2D eigenvalue weighted by molar-refractivity contribution is 7.89. The SMILES string of the molecule is C[C@@H](CN)NC(=O)c1ccc(S(=O)(=O)NCc2cccs2)cc1.Cl. The highest BCUT2D eigenvalue weighted by atomic mass is 35.5. The van der Waals surface area contributed by atoms with E-state index in [2.05, 4.69) is 10.0 Å². The van der Waals surface area contributed by atoms with Gasteiger partial charge in [-0.1, -0.05) is 6.07 Å². The first-order valence-electron chi connectivity index (χ1n) is 7.05. The third-order valence-electron chi connectivity index (χ3n) is 3.17. The van der Waals surface area contributed by atoms with Gasteiger partial charge in [0.15, 0.2) is 0 Å². The van der Waals surface area contributed by atoms with Crippen LogP contribution in [0.1, 0.15) is 22.2 Å². The number of nitrogens with two attached hydrogens (primary N) is 1. The molecule has 0 spiro atoms. The molecule has 2 aromatic rings. The molecule has 0 aliphatic rings. The minimum atomic E-state index is -3.60. The first-order chi connectivity index (χ1) is 10.9. The lowest BCUT2D eigenvalue weighted by atomic mass is 10.2. The summed E-state index contributed by atoms with van der Waals surface area (Å²) < 4.78 is 27.0. The lowest BCUT2D eigenvalue weighted by molar-refractivity contribution is 0.0941. The van der Waals surface area contributed by atoms with Crippen molar-refractivity contribution in [2.75, 3.05) is 6.54 Å². The Hall–Kier alpha value is -1.45. The Morgan fingerprint density at radius 1 is 1.25 bits per heavy atom. The largest absolute Gasteiger partial charge is 0.348 e. The van der Waals surface area contributed by atoms with E-state index in [0.717, 1.165) is 4.88 Å². The van der Waals surface area contributed by atoms with Crippen LogP contribution in [-0.4, -0.2) is 26.9 Å². The molecule has 0 bridgehead atoms. The van der Waals surface area contributed by atoms with E-state index >= 15 is 0 Å². The van der Waals surface area contributed by atoms with Crippen molar-refractivity contribution in [1.82, 2.24) is 10.0 Å². The predicted molar refractivity (Wildman–Crippen MR) is 98.0 cm³/mol. The molecule has 24 heavy (non-hydrogen) atoms. The van der Waals surface area contributed by atoms with E-state index in [4.69, 9.17) is 5.73 Å². The summed E-state index contributed by atoms with van der Waals surface area (Å²) in [5.41, 5.74) is 5.84. The maximum Gasteiger partial charge on any atom is 0.251 e. The number of sulfonamides is 1. The fourth-order valence-corrected chi connectivity index (χ4v) is 3.56. The van der Waals surface area contributed by atoms with Crippen molar-refractivity contribution < 1.29 is 13.2 Å². The molecule has 0 fully saturated rings. The van der Waals surface area contributed by atoms with Crippen LogP contribution < -0.4 is 15.8 Å². The molecule has 1 amide bonds. The van der Waals surface area contributed by atoms with Crippen LogP contribution in [0.15, 0.2) is 46.7 Å². The summed E-state index contributed by atoms with van der Waals surface area (Å²) in [5.74, 6) is -0.279. The Bertz CT molecular complexity index is 747. The van der Waals surface area contributed by atoms with Crippen LogP contribution in [0.5, 0.6) is 0 Å². The highest BCUT2D eigenvalue weighted by Crippen LogP contribution is 2.13. The summed E-state index contributed by atoms with van der Waals surface area (Å²) in [6, 6.07) is 9.38. The van der Waals surface area contributed by atoms with Gasteiger partial charge in [-0.25, -0.2) is 13.1 Å². The summed E-state index contributed by atoms with van der Waals surface area (Å²) in [5, 5.41) is 4.61. The number of amides is 1. The molecule has 0 saturated heterocycles. The summed E-state index contributed by atoms with van der Waals surface area (Å²) in [7, 11) is -3.60. The Labute approximate surface area is 151 Å². The Balaban J connectivity index is 0.00000288. The minimum absolute atomic E-state index is 0. The zero-order valence-corrected chi connectivity index (χ0v) is 15.5. The number of nitrogens with one attached hydrogen (secondary N) is 2. The first-order valence-corrected chi connectivity index (χ1v) is 9.41. The molecule has 4 N–H and O–H groups in total. The van der Waals surface area contributed by atoms with Gasteiger partial charge in [-0.15, -0.1) is 23.7 Å². The predicted octanol–water partition coefficient (Wildman–Crippen LogP) is 1.73. The van der Waals surface area contributed by atoms with Crippen molar-refractivity contribution in [2.24, 2.45) is 5.73 Å². The van der Waals surface area contributed by atoms with E-state index in [9.17, 15) is 13.2 Å². The summed E-state index contributed by atoms with van der Waals surface area (Å²) in [6.45, 7) is 2.38. The molecule has 0 aliphatic heterocycles. The van der Waals surface area contributed by atoms with Gasteiger partial charge in [-0.3, -0.25) is 4.79 Å². The van der Waals surface area contributed by atoms with Crippen molar-refractivity contribution in [1.29, 1.82) is 0 Å². The number of hydrogen-bond acceptors (Lipinski definition) is 5. The third kappa shape index (κ3) is 5.57. The second kappa shape index (κ2) is 9.14. The highest BCUT2D eigenvalue weighted by Gasteiger charge is 2.15. The zero-order valence-electron chi connectivity index (χ0n) is 13.1. The average Bonchev–Trinajstić information content (AvgIpc) is 3.06.